The van der Waals surface area contributed by atoms with Crippen molar-refractivity contribution in [1.29, 1.82) is 0 Å². The van der Waals surface area contributed by atoms with Gasteiger partial charge in [-0.2, -0.15) is 0 Å². The van der Waals surface area contributed by atoms with Crippen LogP contribution in [0.5, 0.6) is 0 Å². The van der Waals surface area contributed by atoms with E-state index in [9.17, 15) is 4.79 Å². The summed E-state index contributed by atoms with van der Waals surface area (Å²) in [6.07, 6.45) is 8.67. The van der Waals surface area contributed by atoms with Crippen molar-refractivity contribution in [1.82, 2.24) is 5.32 Å². The van der Waals surface area contributed by atoms with Gasteiger partial charge in [-0.3, -0.25) is 4.79 Å². The van der Waals surface area contributed by atoms with Crippen molar-refractivity contribution in [3.8, 4) is 0 Å². The van der Waals surface area contributed by atoms with Gasteiger partial charge in [-0.1, -0.05) is 26.2 Å². The summed E-state index contributed by atoms with van der Waals surface area (Å²) in [5.74, 6) is 0.0418. The summed E-state index contributed by atoms with van der Waals surface area (Å²) in [6.45, 7) is 3.40. The van der Waals surface area contributed by atoms with Crippen molar-refractivity contribution in [2.24, 2.45) is 5.73 Å². The Morgan fingerprint density at radius 2 is 2.06 bits per heavy atom. The van der Waals surface area contributed by atoms with Gasteiger partial charge in [0.2, 0.25) is 5.91 Å². The maximum atomic E-state index is 11.9. The van der Waals surface area contributed by atoms with Crippen LogP contribution in [-0.2, 0) is 9.53 Å². The van der Waals surface area contributed by atoms with Crippen LogP contribution in [-0.4, -0.2) is 31.2 Å². The van der Waals surface area contributed by atoms with Crippen LogP contribution in [0.1, 0.15) is 58.3 Å². The predicted molar refractivity (Wildman–Crippen MR) is 73.3 cm³/mol. The molecule has 0 saturated heterocycles. The topological polar surface area (TPSA) is 64.3 Å². The lowest BCUT2D eigenvalue weighted by Crippen LogP contribution is -2.39. The molecule has 0 aromatic rings. The summed E-state index contributed by atoms with van der Waals surface area (Å²) in [5.41, 5.74) is 5.42. The van der Waals surface area contributed by atoms with Gasteiger partial charge in [0.15, 0.2) is 0 Å². The second-order valence-electron chi connectivity index (χ2n) is 5.08. The number of carbonyl (C=O) groups is 1. The van der Waals surface area contributed by atoms with E-state index < -0.39 is 0 Å². The Kier molecular flexibility index (Phi) is 8.01. The Morgan fingerprint density at radius 1 is 1.33 bits per heavy atom. The van der Waals surface area contributed by atoms with Gasteiger partial charge in [0.25, 0.3) is 0 Å². The van der Waals surface area contributed by atoms with Crippen LogP contribution in [0, 0.1) is 0 Å². The zero-order valence-electron chi connectivity index (χ0n) is 11.6. The molecular weight excluding hydrogens is 228 g/mol. The molecule has 0 aromatic heterocycles. The molecule has 0 aromatic carbocycles. The van der Waals surface area contributed by atoms with E-state index in [-0.39, 0.29) is 12.0 Å². The van der Waals surface area contributed by atoms with Gasteiger partial charge in [0.05, 0.1) is 6.10 Å². The summed E-state index contributed by atoms with van der Waals surface area (Å²) < 4.78 is 5.92. The van der Waals surface area contributed by atoms with Gasteiger partial charge in [-0.15, -0.1) is 0 Å². The number of amides is 1. The first-order valence-corrected chi connectivity index (χ1v) is 7.41. The Balaban J connectivity index is 2.23. The molecular formula is C14H28N2O2. The molecule has 0 radical (unpaired) electrons. The number of carbonyl (C=O) groups excluding carboxylic acids is 1. The highest BCUT2D eigenvalue weighted by Crippen LogP contribution is 2.22. The highest BCUT2D eigenvalue weighted by molar-refractivity contribution is 5.80. The average molecular weight is 256 g/mol. The van der Waals surface area contributed by atoms with Crippen LogP contribution in [0.15, 0.2) is 0 Å². The largest absolute Gasteiger partial charge is 0.365 e. The molecule has 106 valence electrons. The third-order valence-electron chi connectivity index (χ3n) is 3.50. The van der Waals surface area contributed by atoms with Gasteiger partial charge in [0, 0.05) is 6.54 Å². The molecule has 3 N–H and O–H groups in total. The number of hydrogen-bond donors (Lipinski definition) is 2. The number of unbranched alkanes of at least 4 members (excludes halogenated alkanes) is 1. The molecule has 0 heterocycles. The monoisotopic (exact) mass is 256 g/mol. The van der Waals surface area contributed by atoms with Gasteiger partial charge in [-0.25, -0.2) is 0 Å². The maximum Gasteiger partial charge on any atom is 0.249 e. The molecule has 1 aliphatic rings. The molecule has 1 atom stereocenters. The van der Waals surface area contributed by atoms with Gasteiger partial charge >= 0.3 is 0 Å². The van der Waals surface area contributed by atoms with E-state index >= 15 is 0 Å². The number of hydrogen-bond acceptors (Lipinski definition) is 3. The fourth-order valence-electron chi connectivity index (χ4n) is 2.37. The minimum absolute atomic E-state index is 0.0418. The fourth-order valence-corrected chi connectivity index (χ4v) is 2.37. The summed E-state index contributed by atoms with van der Waals surface area (Å²) in [6, 6.07) is 0. The van der Waals surface area contributed by atoms with E-state index in [0.29, 0.717) is 19.2 Å². The average Bonchev–Trinajstić information content (AvgIpc) is 2.42. The highest BCUT2D eigenvalue weighted by atomic mass is 16.5. The highest BCUT2D eigenvalue weighted by Gasteiger charge is 2.22. The van der Waals surface area contributed by atoms with Crippen molar-refractivity contribution in [3.05, 3.63) is 0 Å². The Bertz CT molecular complexity index is 228. The van der Waals surface area contributed by atoms with Crippen LogP contribution in [0.3, 0.4) is 0 Å². The molecule has 4 heteroatoms. The van der Waals surface area contributed by atoms with Crippen LogP contribution < -0.4 is 11.1 Å². The smallest absolute Gasteiger partial charge is 0.249 e. The first-order valence-electron chi connectivity index (χ1n) is 7.41. The fraction of sp³-hybridized carbons (Fsp3) is 0.929. The quantitative estimate of drug-likeness (QED) is 0.653. The molecule has 1 fully saturated rings. The summed E-state index contributed by atoms with van der Waals surface area (Å²) in [4.78, 5) is 11.9. The second kappa shape index (κ2) is 9.34. The van der Waals surface area contributed by atoms with Crippen LogP contribution >= 0.6 is 0 Å². The summed E-state index contributed by atoms with van der Waals surface area (Å²) in [5, 5.41) is 2.94. The lowest BCUT2D eigenvalue weighted by atomic mass is 9.97. The van der Waals surface area contributed by atoms with Crippen molar-refractivity contribution < 1.29 is 9.53 Å². The van der Waals surface area contributed by atoms with E-state index in [2.05, 4.69) is 5.32 Å². The van der Waals surface area contributed by atoms with Crippen molar-refractivity contribution in [2.75, 3.05) is 13.1 Å². The first kappa shape index (κ1) is 15.4. The normalized spacial score (nSPS) is 18.6. The molecule has 0 spiro atoms. The van der Waals surface area contributed by atoms with E-state index in [4.69, 9.17) is 10.5 Å². The molecule has 1 rings (SSSR count). The third-order valence-corrected chi connectivity index (χ3v) is 3.50. The SMILES string of the molecule is CCC(OC1CCCCC1)C(=O)NCCCCN. The lowest BCUT2D eigenvalue weighted by Gasteiger charge is -2.26. The van der Waals surface area contributed by atoms with Crippen molar-refractivity contribution >= 4 is 5.91 Å². The zero-order valence-corrected chi connectivity index (χ0v) is 11.6. The first-order chi connectivity index (χ1) is 8.77. The van der Waals surface area contributed by atoms with Gasteiger partial charge in [0.1, 0.15) is 6.10 Å². The Labute approximate surface area is 111 Å². The lowest BCUT2D eigenvalue weighted by molar-refractivity contribution is -0.138. The van der Waals surface area contributed by atoms with Crippen LogP contribution in [0.4, 0.5) is 0 Å². The molecule has 1 saturated carbocycles. The maximum absolute atomic E-state index is 11.9. The number of nitrogens with two attached hydrogens (primary N) is 1. The number of nitrogens with one attached hydrogen (secondary N) is 1. The molecule has 0 aliphatic heterocycles. The Morgan fingerprint density at radius 3 is 2.67 bits per heavy atom. The minimum Gasteiger partial charge on any atom is -0.365 e. The second-order valence-corrected chi connectivity index (χ2v) is 5.08. The number of ether oxygens (including phenoxy) is 1. The minimum atomic E-state index is -0.272. The molecule has 18 heavy (non-hydrogen) atoms. The summed E-state index contributed by atoms with van der Waals surface area (Å²) >= 11 is 0. The van der Waals surface area contributed by atoms with Crippen LogP contribution in [0.2, 0.25) is 0 Å². The Hall–Kier alpha value is -0.610. The van der Waals surface area contributed by atoms with E-state index in [1.165, 1.54) is 19.3 Å². The molecule has 4 nitrogen and oxygen atoms in total. The molecule has 1 aliphatic carbocycles. The molecule has 1 unspecified atom stereocenters. The number of rotatable bonds is 8. The van der Waals surface area contributed by atoms with Crippen molar-refractivity contribution in [2.45, 2.75) is 70.5 Å². The molecule has 1 amide bonds. The zero-order chi connectivity index (χ0) is 13.2. The summed E-state index contributed by atoms with van der Waals surface area (Å²) in [7, 11) is 0. The molecule has 0 bridgehead atoms. The predicted octanol–water partition coefficient (Wildman–Crippen LogP) is 1.97. The van der Waals surface area contributed by atoms with E-state index in [1.54, 1.807) is 0 Å². The van der Waals surface area contributed by atoms with Gasteiger partial charge < -0.3 is 15.8 Å². The standard InChI is InChI=1S/C14H28N2O2/c1-2-13(14(17)16-11-7-6-10-15)18-12-8-4-3-5-9-12/h12-13H,2-11,15H2,1H3,(H,16,17). The van der Waals surface area contributed by atoms with E-state index in [0.717, 1.165) is 32.1 Å². The van der Waals surface area contributed by atoms with Crippen molar-refractivity contribution in [3.63, 3.8) is 0 Å². The third kappa shape index (κ3) is 5.83. The van der Waals surface area contributed by atoms with E-state index in [1.807, 2.05) is 6.92 Å². The van der Waals surface area contributed by atoms with Crippen LogP contribution in [0.25, 0.3) is 0 Å². The van der Waals surface area contributed by atoms with Gasteiger partial charge in [-0.05, 0) is 38.6 Å².